The summed E-state index contributed by atoms with van der Waals surface area (Å²) in [6, 6.07) is -0.280. The van der Waals surface area contributed by atoms with Crippen LogP contribution in [0.5, 0.6) is 0 Å². The maximum atomic E-state index is 11.1. The Morgan fingerprint density at radius 1 is 1.67 bits per heavy atom. The second-order valence-electron chi connectivity index (χ2n) is 2.63. The molecule has 0 saturated carbocycles. The van der Waals surface area contributed by atoms with E-state index < -0.39 is 0 Å². The van der Waals surface area contributed by atoms with Gasteiger partial charge in [0.15, 0.2) is 0 Å². The van der Waals surface area contributed by atoms with E-state index in [2.05, 4.69) is 0 Å². The zero-order chi connectivity index (χ0) is 9.56. The number of nitrogens with zero attached hydrogens (tertiary/aromatic N) is 1. The minimum Gasteiger partial charge on any atom is -0.465 e. The highest BCUT2D eigenvalue weighted by Crippen LogP contribution is 1.97. The van der Waals surface area contributed by atoms with Crippen molar-refractivity contribution in [2.45, 2.75) is 19.9 Å². The predicted octanol–water partition coefficient (Wildman–Crippen LogP) is -0.138. The third-order valence-electron chi connectivity index (χ3n) is 1.74. The van der Waals surface area contributed by atoms with E-state index >= 15 is 0 Å². The molecular weight excluding hydrogens is 158 g/mol. The molecule has 0 aromatic carbocycles. The van der Waals surface area contributed by atoms with Crippen LogP contribution in [-0.4, -0.2) is 48.8 Å². The van der Waals surface area contributed by atoms with Crippen LogP contribution in [0.1, 0.15) is 13.8 Å². The van der Waals surface area contributed by atoms with Gasteiger partial charge in [-0.05, 0) is 20.9 Å². The molecule has 4 heteroatoms. The summed E-state index contributed by atoms with van der Waals surface area (Å²) in [5, 5.41) is 8.60. The van der Waals surface area contributed by atoms with Crippen molar-refractivity contribution in [3.05, 3.63) is 0 Å². The molecule has 4 nitrogen and oxygen atoms in total. The lowest BCUT2D eigenvalue weighted by molar-refractivity contribution is -0.148. The number of esters is 1. The number of hydrogen-bond donors (Lipinski definition) is 1. The Bertz CT molecular complexity index is 138. The first kappa shape index (κ1) is 11.4. The largest absolute Gasteiger partial charge is 0.465 e. The van der Waals surface area contributed by atoms with E-state index in [-0.39, 0.29) is 18.6 Å². The Hall–Kier alpha value is -0.610. The molecule has 0 aromatic rings. The van der Waals surface area contributed by atoms with E-state index in [1.807, 2.05) is 0 Å². The summed E-state index contributed by atoms with van der Waals surface area (Å²) in [7, 11) is 1.78. The first-order valence-electron chi connectivity index (χ1n) is 4.11. The van der Waals surface area contributed by atoms with E-state index in [0.29, 0.717) is 13.2 Å². The van der Waals surface area contributed by atoms with Gasteiger partial charge in [-0.25, -0.2) is 0 Å². The molecule has 0 radical (unpaired) electrons. The van der Waals surface area contributed by atoms with Crippen molar-refractivity contribution in [2.24, 2.45) is 0 Å². The van der Waals surface area contributed by atoms with Gasteiger partial charge in [0.1, 0.15) is 6.04 Å². The van der Waals surface area contributed by atoms with Gasteiger partial charge in [0.05, 0.1) is 13.2 Å². The Balaban J connectivity index is 3.82. The number of aliphatic hydroxyl groups is 1. The average molecular weight is 175 g/mol. The molecule has 0 aliphatic heterocycles. The summed E-state index contributed by atoms with van der Waals surface area (Å²) < 4.78 is 4.81. The number of likely N-dealkylation sites (N-methyl/N-ethyl adjacent to an activating group) is 1. The van der Waals surface area contributed by atoms with E-state index in [1.54, 1.807) is 25.8 Å². The highest BCUT2D eigenvalue weighted by atomic mass is 16.5. The van der Waals surface area contributed by atoms with Crippen LogP contribution in [0.25, 0.3) is 0 Å². The van der Waals surface area contributed by atoms with Crippen LogP contribution in [0.2, 0.25) is 0 Å². The molecule has 0 aliphatic rings. The van der Waals surface area contributed by atoms with Gasteiger partial charge in [0.2, 0.25) is 0 Å². The van der Waals surface area contributed by atoms with Gasteiger partial charge in [0, 0.05) is 6.54 Å². The Kier molecular flexibility index (Phi) is 5.66. The number of rotatable bonds is 5. The average Bonchev–Trinajstić information content (AvgIpc) is 2.04. The molecule has 0 aromatic heterocycles. The maximum Gasteiger partial charge on any atom is 0.323 e. The van der Waals surface area contributed by atoms with E-state index in [1.165, 1.54) is 0 Å². The molecule has 1 N–H and O–H groups in total. The van der Waals surface area contributed by atoms with Crippen LogP contribution in [0.3, 0.4) is 0 Å². The fourth-order valence-corrected chi connectivity index (χ4v) is 0.794. The van der Waals surface area contributed by atoms with Crippen molar-refractivity contribution < 1.29 is 14.6 Å². The molecule has 0 rings (SSSR count). The second-order valence-corrected chi connectivity index (χ2v) is 2.63. The third-order valence-corrected chi connectivity index (χ3v) is 1.74. The molecule has 0 fully saturated rings. The number of ether oxygens (including phenoxy) is 1. The van der Waals surface area contributed by atoms with Gasteiger partial charge in [-0.15, -0.1) is 0 Å². The second kappa shape index (κ2) is 5.97. The molecule has 0 spiro atoms. The normalized spacial score (nSPS) is 13.1. The Morgan fingerprint density at radius 3 is 2.67 bits per heavy atom. The standard InChI is InChI=1S/C8H17NO3/c1-4-12-8(11)7(2)9(3)5-6-10/h7,10H,4-6H2,1-3H3. The predicted molar refractivity (Wildman–Crippen MR) is 45.8 cm³/mol. The van der Waals surface area contributed by atoms with Gasteiger partial charge in [-0.2, -0.15) is 0 Å². The number of aliphatic hydroxyl groups excluding tert-OH is 1. The zero-order valence-electron chi connectivity index (χ0n) is 7.91. The molecule has 0 saturated heterocycles. The first-order chi connectivity index (χ1) is 5.63. The summed E-state index contributed by atoms with van der Waals surface area (Å²) in [4.78, 5) is 12.9. The molecule has 0 aliphatic carbocycles. The van der Waals surface area contributed by atoms with Crippen LogP contribution < -0.4 is 0 Å². The van der Waals surface area contributed by atoms with Crippen molar-refractivity contribution in [1.29, 1.82) is 0 Å². The van der Waals surface area contributed by atoms with E-state index in [4.69, 9.17) is 9.84 Å². The van der Waals surface area contributed by atoms with Crippen molar-refractivity contribution in [1.82, 2.24) is 4.90 Å². The summed E-state index contributed by atoms with van der Waals surface area (Å²) >= 11 is 0. The summed E-state index contributed by atoms with van der Waals surface area (Å²) in [6.07, 6.45) is 0. The number of carbonyl (C=O) groups is 1. The van der Waals surface area contributed by atoms with Crippen molar-refractivity contribution >= 4 is 5.97 Å². The summed E-state index contributed by atoms with van der Waals surface area (Å²) in [6.45, 7) is 4.47. The van der Waals surface area contributed by atoms with Crippen molar-refractivity contribution in [3.63, 3.8) is 0 Å². The SMILES string of the molecule is CCOC(=O)C(C)N(C)CCO. The van der Waals surface area contributed by atoms with Crippen LogP contribution in [0, 0.1) is 0 Å². The minimum atomic E-state index is -0.280. The van der Waals surface area contributed by atoms with Crippen LogP contribution >= 0.6 is 0 Å². The molecule has 1 unspecified atom stereocenters. The number of carbonyl (C=O) groups excluding carboxylic acids is 1. The van der Waals surface area contributed by atoms with Gasteiger partial charge in [-0.3, -0.25) is 9.69 Å². The van der Waals surface area contributed by atoms with Gasteiger partial charge in [0.25, 0.3) is 0 Å². The first-order valence-corrected chi connectivity index (χ1v) is 4.11. The number of hydrogen-bond acceptors (Lipinski definition) is 4. The maximum absolute atomic E-state index is 11.1. The Labute approximate surface area is 73.1 Å². The van der Waals surface area contributed by atoms with Crippen molar-refractivity contribution in [2.75, 3.05) is 26.8 Å². The Morgan fingerprint density at radius 2 is 2.25 bits per heavy atom. The van der Waals surface area contributed by atoms with Gasteiger partial charge < -0.3 is 9.84 Å². The molecule has 0 bridgehead atoms. The van der Waals surface area contributed by atoms with Crippen molar-refractivity contribution in [3.8, 4) is 0 Å². The summed E-state index contributed by atoms with van der Waals surface area (Å²) in [5.74, 6) is -0.242. The monoisotopic (exact) mass is 175 g/mol. The molecule has 1 atom stereocenters. The van der Waals surface area contributed by atoms with E-state index in [0.717, 1.165) is 0 Å². The third kappa shape index (κ3) is 3.69. The van der Waals surface area contributed by atoms with Gasteiger partial charge in [-0.1, -0.05) is 0 Å². The van der Waals surface area contributed by atoms with Crippen LogP contribution in [0.4, 0.5) is 0 Å². The molecule has 0 amide bonds. The fraction of sp³-hybridized carbons (Fsp3) is 0.875. The van der Waals surface area contributed by atoms with E-state index in [9.17, 15) is 4.79 Å². The molecular formula is C8H17NO3. The lowest BCUT2D eigenvalue weighted by atomic mass is 10.3. The quantitative estimate of drug-likeness (QED) is 0.591. The molecule has 72 valence electrons. The highest BCUT2D eigenvalue weighted by molar-refractivity contribution is 5.75. The zero-order valence-corrected chi connectivity index (χ0v) is 7.91. The molecule has 12 heavy (non-hydrogen) atoms. The topological polar surface area (TPSA) is 49.8 Å². The smallest absolute Gasteiger partial charge is 0.323 e. The van der Waals surface area contributed by atoms with Crippen LogP contribution in [-0.2, 0) is 9.53 Å². The van der Waals surface area contributed by atoms with Gasteiger partial charge >= 0.3 is 5.97 Å². The lowest BCUT2D eigenvalue weighted by Gasteiger charge is -2.21. The lowest BCUT2D eigenvalue weighted by Crippen LogP contribution is -2.38. The summed E-state index contributed by atoms with van der Waals surface area (Å²) in [5.41, 5.74) is 0. The van der Waals surface area contributed by atoms with Crippen LogP contribution in [0.15, 0.2) is 0 Å². The molecule has 0 heterocycles. The minimum absolute atomic E-state index is 0.0558. The fourth-order valence-electron chi connectivity index (χ4n) is 0.794. The highest BCUT2D eigenvalue weighted by Gasteiger charge is 2.17.